The molecule has 18 heavy (non-hydrogen) atoms. The van der Waals surface area contributed by atoms with Crippen LogP contribution in [0.2, 0.25) is 0 Å². The molecule has 2 saturated heterocycles. The van der Waals surface area contributed by atoms with Crippen molar-refractivity contribution in [2.75, 3.05) is 19.8 Å². The van der Waals surface area contributed by atoms with Gasteiger partial charge in [-0.1, -0.05) is 0 Å². The molecule has 2 aliphatic rings. The molecule has 0 radical (unpaired) electrons. The first kappa shape index (κ1) is 12.1. The average Bonchev–Trinajstić information content (AvgIpc) is 2.93. The Hall–Kier alpha value is -1.00. The van der Waals surface area contributed by atoms with Gasteiger partial charge in [0.05, 0.1) is 6.04 Å². The van der Waals surface area contributed by atoms with Gasteiger partial charge in [-0.25, -0.2) is 9.97 Å². The lowest BCUT2D eigenvalue weighted by Gasteiger charge is -2.22. The summed E-state index contributed by atoms with van der Waals surface area (Å²) < 4.78 is 5.43. The van der Waals surface area contributed by atoms with Crippen LogP contribution in [0.25, 0.3) is 0 Å². The number of hydrogen-bond donors (Lipinski definition) is 1. The zero-order chi connectivity index (χ0) is 12.4. The molecule has 1 aromatic rings. The van der Waals surface area contributed by atoms with E-state index < -0.39 is 0 Å². The van der Waals surface area contributed by atoms with Crippen LogP contribution < -0.4 is 5.32 Å². The minimum atomic E-state index is 0.364. The molecule has 2 aliphatic heterocycles. The van der Waals surface area contributed by atoms with Gasteiger partial charge >= 0.3 is 0 Å². The van der Waals surface area contributed by atoms with Gasteiger partial charge in [-0.3, -0.25) is 0 Å². The highest BCUT2D eigenvalue weighted by molar-refractivity contribution is 5.16. The second-order valence-electron chi connectivity index (χ2n) is 5.33. The van der Waals surface area contributed by atoms with E-state index in [9.17, 15) is 0 Å². The van der Waals surface area contributed by atoms with E-state index in [4.69, 9.17) is 9.72 Å². The predicted octanol–water partition coefficient (Wildman–Crippen LogP) is 2.10. The van der Waals surface area contributed by atoms with Crippen molar-refractivity contribution >= 4 is 0 Å². The Balaban J connectivity index is 1.84. The zero-order valence-corrected chi connectivity index (χ0v) is 11.0. The van der Waals surface area contributed by atoms with Crippen LogP contribution in [0.3, 0.4) is 0 Å². The highest BCUT2D eigenvalue weighted by Gasteiger charge is 2.23. The molecule has 3 heterocycles. The fourth-order valence-electron chi connectivity index (χ4n) is 2.88. The van der Waals surface area contributed by atoms with Gasteiger partial charge < -0.3 is 10.1 Å². The van der Waals surface area contributed by atoms with E-state index in [1.54, 1.807) is 0 Å². The Labute approximate surface area is 108 Å². The molecule has 1 N–H and O–H groups in total. The summed E-state index contributed by atoms with van der Waals surface area (Å²) in [6.07, 6.45) is 4.58. The number of hydrogen-bond acceptors (Lipinski definition) is 4. The van der Waals surface area contributed by atoms with Crippen LogP contribution in [0.15, 0.2) is 6.07 Å². The van der Waals surface area contributed by atoms with E-state index in [2.05, 4.69) is 23.3 Å². The lowest BCUT2D eigenvalue weighted by molar-refractivity contribution is 0.0844. The third-order valence-corrected chi connectivity index (χ3v) is 3.90. The SMILES string of the molecule is Cc1cc(C2CCOCC2)nc(C2CCCN2)n1. The molecule has 2 fully saturated rings. The number of aryl methyl sites for hydroxylation is 1. The van der Waals surface area contributed by atoms with Gasteiger partial charge in [0.2, 0.25) is 0 Å². The van der Waals surface area contributed by atoms with E-state index in [0.29, 0.717) is 12.0 Å². The number of ether oxygens (including phenoxy) is 1. The van der Waals surface area contributed by atoms with E-state index in [0.717, 1.165) is 50.5 Å². The molecular weight excluding hydrogens is 226 g/mol. The first-order chi connectivity index (χ1) is 8.83. The second kappa shape index (κ2) is 5.33. The van der Waals surface area contributed by atoms with Crippen molar-refractivity contribution in [2.45, 2.75) is 44.6 Å². The largest absolute Gasteiger partial charge is 0.381 e. The van der Waals surface area contributed by atoms with Crippen molar-refractivity contribution in [3.8, 4) is 0 Å². The molecule has 0 bridgehead atoms. The molecular formula is C14H21N3O. The molecule has 4 nitrogen and oxygen atoms in total. The standard InChI is InChI=1S/C14H21N3O/c1-10-9-13(11-4-7-18-8-5-11)17-14(16-10)12-3-2-6-15-12/h9,11-12,15H,2-8H2,1H3. The van der Waals surface area contributed by atoms with Crippen molar-refractivity contribution in [3.63, 3.8) is 0 Å². The Kier molecular flexibility index (Phi) is 3.57. The highest BCUT2D eigenvalue weighted by atomic mass is 16.5. The summed E-state index contributed by atoms with van der Waals surface area (Å²) in [4.78, 5) is 9.42. The minimum absolute atomic E-state index is 0.364. The smallest absolute Gasteiger partial charge is 0.145 e. The number of rotatable bonds is 2. The molecule has 3 rings (SSSR count). The Bertz CT molecular complexity index is 410. The molecule has 1 atom stereocenters. The third-order valence-electron chi connectivity index (χ3n) is 3.90. The number of aromatic nitrogens is 2. The number of nitrogens with zero attached hydrogens (tertiary/aromatic N) is 2. The molecule has 0 amide bonds. The van der Waals surface area contributed by atoms with E-state index >= 15 is 0 Å². The molecule has 98 valence electrons. The van der Waals surface area contributed by atoms with Crippen LogP contribution in [0.4, 0.5) is 0 Å². The van der Waals surface area contributed by atoms with Crippen LogP contribution in [-0.4, -0.2) is 29.7 Å². The van der Waals surface area contributed by atoms with Gasteiger partial charge in [-0.15, -0.1) is 0 Å². The molecule has 1 aromatic heterocycles. The lowest BCUT2D eigenvalue weighted by atomic mass is 9.95. The van der Waals surface area contributed by atoms with Gasteiger partial charge in [0, 0.05) is 30.5 Å². The maximum Gasteiger partial charge on any atom is 0.145 e. The van der Waals surface area contributed by atoms with E-state index in [-0.39, 0.29) is 0 Å². The zero-order valence-electron chi connectivity index (χ0n) is 11.0. The summed E-state index contributed by atoms with van der Waals surface area (Å²) >= 11 is 0. The highest BCUT2D eigenvalue weighted by Crippen LogP contribution is 2.27. The first-order valence-corrected chi connectivity index (χ1v) is 6.99. The van der Waals surface area contributed by atoms with Crippen LogP contribution in [0.5, 0.6) is 0 Å². The summed E-state index contributed by atoms with van der Waals surface area (Å²) in [5, 5.41) is 3.48. The topological polar surface area (TPSA) is 47.0 Å². The molecule has 0 spiro atoms. The maximum atomic E-state index is 5.43. The van der Waals surface area contributed by atoms with Gasteiger partial charge in [0.1, 0.15) is 5.82 Å². The monoisotopic (exact) mass is 247 g/mol. The van der Waals surface area contributed by atoms with Crippen LogP contribution in [0, 0.1) is 6.92 Å². The lowest BCUT2D eigenvalue weighted by Crippen LogP contribution is -2.20. The van der Waals surface area contributed by atoms with Gasteiger partial charge in [-0.05, 0) is 45.2 Å². The predicted molar refractivity (Wildman–Crippen MR) is 69.5 cm³/mol. The van der Waals surface area contributed by atoms with E-state index in [1.807, 2.05) is 0 Å². The Morgan fingerprint density at radius 1 is 1.22 bits per heavy atom. The quantitative estimate of drug-likeness (QED) is 0.869. The average molecular weight is 247 g/mol. The van der Waals surface area contributed by atoms with Crippen LogP contribution in [-0.2, 0) is 4.74 Å². The minimum Gasteiger partial charge on any atom is -0.381 e. The van der Waals surface area contributed by atoms with Crippen molar-refractivity contribution in [1.82, 2.24) is 15.3 Å². The first-order valence-electron chi connectivity index (χ1n) is 6.99. The summed E-state index contributed by atoms with van der Waals surface area (Å²) in [5.41, 5.74) is 2.31. The van der Waals surface area contributed by atoms with Gasteiger partial charge in [0.15, 0.2) is 0 Å². The Morgan fingerprint density at radius 3 is 2.78 bits per heavy atom. The van der Waals surface area contributed by atoms with E-state index in [1.165, 1.54) is 12.1 Å². The fourth-order valence-corrected chi connectivity index (χ4v) is 2.88. The molecule has 0 saturated carbocycles. The van der Waals surface area contributed by atoms with Gasteiger partial charge in [-0.2, -0.15) is 0 Å². The number of nitrogens with one attached hydrogen (secondary N) is 1. The molecule has 1 unspecified atom stereocenters. The Morgan fingerprint density at radius 2 is 2.06 bits per heavy atom. The summed E-state index contributed by atoms with van der Waals surface area (Å²) in [6, 6.07) is 2.51. The van der Waals surface area contributed by atoms with Gasteiger partial charge in [0.25, 0.3) is 0 Å². The molecule has 0 aliphatic carbocycles. The van der Waals surface area contributed by atoms with Crippen molar-refractivity contribution in [3.05, 3.63) is 23.3 Å². The maximum absolute atomic E-state index is 5.43. The van der Waals surface area contributed by atoms with Crippen molar-refractivity contribution in [1.29, 1.82) is 0 Å². The van der Waals surface area contributed by atoms with Crippen LogP contribution >= 0.6 is 0 Å². The normalized spacial score (nSPS) is 25.5. The summed E-state index contributed by atoms with van der Waals surface area (Å²) in [5.74, 6) is 1.55. The molecule has 4 heteroatoms. The molecule has 0 aromatic carbocycles. The third kappa shape index (κ3) is 2.54. The fraction of sp³-hybridized carbons (Fsp3) is 0.714. The van der Waals surface area contributed by atoms with Crippen molar-refractivity contribution in [2.24, 2.45) is 0 Å². The summed E-state index contributed by atoms with van der Waals surface area (Å²) in [6.45, 7) is 4.90. The second-order valence-corrected chi connectivity index (χ2v) is 5.33. The van der Waals surface area contributed by atoms with Crippen LogP contribution in [0.1, 0.15) is 54.9 Å². The van der Waals surface area contributed by atoms with Crippen molar-refractivity contribution < 1.29 is 4.74 Å². The summed E-state index contributed by atoms with van der Waals surface area (Å²) in [7, 11) is 0.